The highest BCUT2D eigenvalue weighted by Crippen LogP contribution is 2.04. The molecule has 0 aliphatic rings. The summed E-state index contributed by atoms with van der Waals surface area (Å²) in [7, 11) is 0. The van der Waals surface area contributed by atoms with Gasteiger partial charge in [0.25, 0.3) is 0 Å². The lowest BCUT2D eigenvalue weighted by molar-refractivity contribution is 0.0697. The number of nitrogens with one attached hydrogen (secondary N) is 2. The van der Waals surface area contributed by atoms with Crippen LogP contribution in [-0.4, -0.2) is 35.7 Å². The number of carbonyl (C=O) groups excluding carboxylic acids is 1. The Bertz CT molecular complexity index is 448. The van der Waals surface area contributed by atoms with Gasteiger partial charge in [0.05, 0.1) is 5.56 Å². The van der Waals surface area contributed by atoms with E-state index in [4.69, 9.17) is 5.11 Å². The molecule has 20 heavy (non-hydrogen) atoms. The van der Waals surface area contributed by atoms with Gasteiger partial charge in [0.2, 0.25) is 0 Å². The molecule has 5 nitrogen and oxygen atoms in total. The summed E-state index contributed by atoms with van der Waals surface area (Å²) in [6, 6.07) is 6.23. The number of benzene rings is 1. The van der Waals surface area contributed by atoms with Gasteiger partial charge in [0.15, 0.2) is 0 Å². The predicted molar refractivity (Wildman–Crippen MR) is 81.2 cm³/mol. The summed E-state index contributed by atoms with van der Waals surface area (Å²) in [5, 5.41) is 14.3. The number of urea groups is 1. The molecule has 0 heterocycles. The highest BCUT2D eigenvalue weighted by Gasteiger charge is 2.05. The number of hydrogen-bond acceptors (Lipinski definition) is 3. The highest BCUT2D eigenvalue weighted by molar-refractivity contribution is 7.98. The molecule has 0 aliphatic heterocycles. The first-order chi connectivity index (χ1) is 9.52. The monoisotopic (exact) mass is 296 g/mol. The third-order valence-corrected chi connectivity index (χ3v) is 3.62. The van der Waals surface area contributed by atoms with Crippen molar-refractivity contribution < 1.29 is 14.7 Å². The molecule has 1 atom stereocenters. The third kappa shape index (κ3) is 5.97. The molecule has 0 spiro atoms. The molecule has 0 aliphatic carbocycles. The standard InChI is InChI=1S/C14H20N2O3S/c1-10(9-20-2)7-15-14(19)16-8-11-3-5-12(6-4-11)13(17)18/h3-6,10H,7-9H2,1-2H3,(H,17,18)(H2,15,16,19). The SMILES string of the molecule is CSCC(C)CNC(=O)NCc1ccc(C(=O)O)cc1. The number of hydrogen-bond donors (Lipinski definition) is 3. The van der Waals surface area contributed by atoms with Crippen molar-refractivity contribution in [2.45, 2.75) is 13.5 Å². The van der Waals surface area contributed by atoms with E-state index in [2.05, 4.69) is 17.6 Å². The van der Waals surface area contributed by atoms with E-state index in [1.807, 2.05) is 6.26 Å². The van der Waals surface area contributed by atoms with Crippen molar-refractivity contribution in [1.82, 2.24) is 10.6 Å². The molecular weight excluding hydrogens is 276 g/mol. The van der Waals surface area contributed by atoms with Crippen LogP contribution in [0.25, 0.3) is 0 Å². The summed E-state index contributed by atoms with van der Waals surface area (Å²) < 4.78 is 0. The molecule has 1 rings (SSSR count). The molecule has 1 aromatic carbocycles. The summed E-state index contributed by atoms with van der Waals surface area (Å²) in [4.78, 5) is 22.3. The molecule has 110 valence electrons. The molecule has 0 radical (unpaired) electrons. The van der Waals surface area contributed by atoms with Crippen molar-refractivity contribution in [2.24, 2.45) is 5.92 Å². The lowest BCUT2D eigenvalue weighted by atomic mass is 10.1. The van der Waals surface area contributed by atoms with Gasteiger partial charge in [-0.1, -0.05) is 19.1 Å². The van der Waals surface area contributed by atoms with E-state index in [-0.39, 0.29) is 11.6 Å². The van der Waals surface area contributed by atoms with Crippen molar-refractivity contribution in [3.8, 4) is 0 Å². The minimum Gasteiger partial charge on any atom is -0.478 e. The van der Waals surface area contributed by atoms with Crippen molar-refractivity contribution >= 4 is 23.8 Å². The summed E-state index contributed by atoms with van der Waals surface area (Å²) in [5.74, 6) is 0.493. The molecule has 1 unspecified atom stereocenters. The second-order valence-corrected chi connectivity index (χ2v) is 5.54. The number of carboxylic acids is 1. The number of carboxylic acid groups (broad SMARTS) is 1. The lowest BCUT2D eigenvalue weighted by Gasteiger charge is -2.12. The molecule has 0 fully saturated rings. The van der Waals surface area contributed by atoms with Crippen LogP contribution < -0.4 is 10.6 Å². The maximum atomic E-state index is 11.6. The van der Waals surface area contributed by atoms with Gasteiger partial charge in [0, 0.05) is 13.1 Å². The van der Waals surface area contributed by atoms with Gasteiger partial charge in [-0.3, -0.25) is 0 Å². The first kappa shape index (κ1) is 16.4. The molecule has 0 saturated heterocycles. The van der Waals surface area contributed by atoms with Gasteiger partial charge < -0.3 is 15.7 Å². The van der Waals surface area contributed by atoms with Crippen LogP contribution in [0.4, 0.5) is 4.79 Å². The van der Waals surface area contributed by atoms with Crippen molar-refractivity contribution in [3.63, 3.8) is 0 Å². The van der Waals surface area contributed by atoms with E-state index in [0.717, 1.165) is 11.3 Å². The van der Waals surface area contributed by atoms with Gasteiger partial charge in [-0.2, -0.15) is 11.8 Å². The van der Waals surface area contributed by atoms with E-state index in [1.54, 1.807) is 23.9 Å². The maximum absolute atomic E-state index is 11.6. The van der Waals surface area contributed by atoms with Crippen molar-refractivity contribution in [3.05, 3.63) is 35.4 Å². The van der Waals surface area contributed by atoms with Crippen molar-refractivity contribution in [2.75, 3.05) is 18.6 Å². The highest BCUT2D eigenvalue weighted by atomic mass is 32.2. The Morgan fingerprint density at radius 1 is 1.25 bits per heavy atom. The fraction of sp³-hybridized carbons (Fsp3) is 0.429. The molecule has 0 aromatic heterocycles. The van der Waals surface area contributed by atoms with E-state index >= 15 is 0 Å². The van der Waals surface area contributed by atoms with E-state index in [0.29, 0.717) is 19.0 Å². The normalized spacial score (nSPS) is 11.7. The largest absolute Gasteiger partial charge is 0.478 e. The van der Waals surface area contributed by atoms with Crippen LogP contribution in [0.3, 0.4) is 0 Å². The Hall–Kier alpha value is -1.69. The van der Waals surface area contributed by atoms with Crippen LogP contribution >= 0.6 is 11.8 Å². The summed E-state index contributed by atoms with van der Waals surface area (Å²) in [6.45, 7) is 3.11. The summed E-state index contributed by atoms with van der Waals surface area (Å²) in [6.07, 6.45) is 2.04. The summed E-state index contributed by atoms with van der Waals surface area (Å²) in [5.41, 5.74) is 1.10. The number of thioether (sulfide) groups is 1. The first-order valence-corrected chi connectivity index (χ1v) is 7.75. The fourth-order valence-electron chi connectivity index (χ4n) is 1.62. The Labute approximate surface area is 123 Å². The minimum absolute atomic E-state index is 0.208. The maximum Gasteiger partial charge on any atom is 0.335 e. The van der Waals surface area contributed by atoms with Crippen LogP contribution in [0.1, 0.15) is 22.8 Å². The fourth-order valence-corrected chi connectivity index (χ4v) is 2.31. The van der Waals surface area contributed by atoms with Gasteiger partial charge in [-0.25, -0.2) is 9.59 Å². The molecule has 0 bridgehead atoms. The van der Waals surface area contributed by atoms with Crippen LogP contribution in [0, 0.1) is 5.92 Å². The number of rotatable bonds is 7. The molecule has 3 N–H and O–H groups in total. The Morgan fingerprint density at radius 3 is 2.45 bits per heavy atom. The Morgan fingerprint density at radius 2 is 1.90 bits per heavy atom. The first-order valence-electron chi connectivity index (χ1n) is 6.35. The minimum atomic E-state index is -0.954. The molecule has 6 heteroatoms. The zero-order chi connectivity index (χ0) is 15.0. The van der Waals surface area contributed by atoms with Crippen LogP contribution in [0.15, 0.2) is 24.3 Å². The van der Waals surface area contributed by atoms with Gasteiger partial charge in [-0.15, -0.1) is 0 Å². The zero-order valence-electron chi connectivity index (χ0n) is 11.7. The van der Waals surface area contributed by atoms with E-state index < -0.39 is 5.97 Å². The zero-order valence-corrected chi connectivity index (χ0v) is 12.5. The van der Waals surface area contributed by atoms with Gasteiger partial charge in [-0.05, 0) is 35.6 Å². The topological polar surface area (TPSA) is 78.4 Å². The number of aromatic carboxylic acids is 1. The van der Waals surface area contributed by atoms with E-state index in [1.165, 1.54) is 12.1 Å². The third-order valence-electron chi connectivity index (χ3n) is 2.72. The second-order valence-electron chi connectivity index (χ2n) is 4.63. The second kappa shape index (κ2) is 8.47. The Balaban J connectivity index is 2.32. The van der Waals surface area contributed by atoms with Crippen molar-refractivity contribution in [1.29, 1.82) is 0 Å². The summed E-state index contributed by atoms with van der Waals surface area (Å²) >= 11 is 1.76. The van der Waals surface area contributed by atoms with Gasteiger partial charge >= 0.3 is 12.0 Å². The van der Waals surface area contributed by atoms with Crippen LogP contribution in [-0.2, 0) is 6.54 Å². The predicted octanol–water partition coefficient (Wildman–Crippen LogP) is 2.18. The molecular formula is C14H20N2O3S. The smallest absolute Gasteiger partial charge is 0.335 e. The number of carbonyl (C=O) groups is 2. The molecule has 2 amide bonds. The molecule has 1 aromatic rings. The van der Waals surface area contributed by atoms with Gasteiger partial charge in [0.1, 0.15) is 0 Å². The molecule has 0 saturated carbocycles. The van der Waals surface area contributed by atoms with Crippen LogP contribution in [0.5, 0.6) is 0 Å². The average Bonchev–Trinajstić information content (AvgIpc) is 2.43. The average molecular weight is 296 g/mol. The van der Waals surface area contributed by atoms with Crippen LogP contribution in [0.2, 0.25) is 0 Å². The number of amides is 2. The van der Waals surface area contributed by atoms with E-state index in [9.17, 15) is 9.59 Å². The quantitative estimate of drug-likeness (QED) is 0.720. The Kier molecular flexibility index (Phi) is 6.93. The lowest BCUT2D eigenvalue weighted by Crippen LogP contribution is -2.37.